The molecule has 0 spiro atoms. The lowest BCUT2D eigenvalue weighted by molar-refractivity contribution is 0.159. The van der Waals surface area contributed by atoms with Crippen LogP contribution in [0.5, 0.6) is 0 Å². The fourth-order valence-corrected chi connectivity index (χ4v) is 3.31. The normalized spacial score (nSPS) is 19.0. The average molecular weight is 347 g/mol. The van der Waals surface area contributed by atoms with E-state index in [0.29, 0.717) is 6.61 Å². The molecule has 0 aliphatic carbocycles. The van der Waals surface area contributed by atoms with Gasteiger partial charge >= 0.3 is 0 Å². The van der Waals surface area contributed by atoms with Crippen LogP contribution in [0.25, 0.3) is 0 Å². The van der Waals surface area contributed by atoms with Crippen molar-refractivity contribution in [3.63, 3.8) is 0 Å². The Morgan fingerprint density at radius 1 is 1.20 bits per heavy atom. The third-order valence-electron chi connectivity index (χ3n) is 4.87. The van der Waals surface area contributed by atoms with E-state index in [2.05, 4.69) is 51.7 Å². The van der Waals surface area contributed by atoms with Crippen LogP contribution in [0.1, 0.15) is 43.7 Å². The van der Waals surface area contributed by atoms with E-state index in [1.165, 1.54) is 43.5 Å². The smallest absolute Gasteiger partial charge is 0.191 e. The molecule has 1 saturated heterocycles. The summed E-state index contributed by atoms with van der Waals surface area (Å²) < 4.78 is 5.14. The van der Waals surface area contributed by atoms with E-state index in [1.807, 2.05) is 7.05 Å². The predicted octanol–water partition coefficient (Wildman–Crippen LogP) is 2.76. The number of benzene rings is 1. The van der Waals surface area contributed by atoms with E-state index in [1.54, 1.807) is 7.11 Å². The number of piperidine rings is 1. The Labute approximate surface area is 152 Å². The predicted molar refractivity (Wildman–Crippen MR) is 105 cm³/mol. The second-order valence-electron chi connectivity index (χ2n) is 6.84. The molecule has 2 N–H and O–H groups in total. The molecule has 1 aromatic carbocycles. The summed E-state index contributed by atoms with van der Waals surface area (Å²) in [5.74, 6) is 0.868. The molecule has 1 aromatic rings. The van der Waals surface area contributed by atoms with Gasteiger partial charge in [0.05, 0.1) is 6.61 Å². The Morgan fingerprint density at radius 3 is 2.64 bits per heavy atom. The van der Waals surface area contributed by atoms with Crippen LogP contribution in [0.3, 0.4) is 0 Å². The maximum atomic E-state index is 5.14. The van der Waals surface area contributed by atoms with E-state index in [0.717, 1.165) is 31.5 Å². The molecular weight excluding hydrogens is 312 g/mol. The molecular formula is C20H34N4O. The van der Waals surface area contributed by atoms with Crippen molar-refractivity contribution in [3.05, 3.63) is 35.4 Å². The van der Waals surface area contributed by atoms with E-state index in [-0.39, 0.29) is 0 Å². The van der Waals surface area contributed by atoms with E-state index in [4.69, 9.17) is 4.74 Å². The van der Waals surface area contributed by atoms with Crippen LogP contribution >= 0.6 is 0 Å². The number of hydrogen-bond acceptors (Lipinski definition) is 3. The molecule has 5 nitrogen and oxygen atoms in total. The van der Waals surface area contributed by atoms with Crippen LogP contribution < -0.4 is 10.6 Å². The summed E-state index contributed by atoms with van der Waals surface area (Å²) in [6.07, 6.45) is 5.24. The van der Waals surface area contributed by atoms with Gasteiger partial charge in [0.25, 0.3) is 0 Å². The maximum Gasteiger partial charge on any atom is 0.191 e. The van der Waals surface area contributed by atoms with Gasteiger partial charge in [0.15, 0.2) is 5.96 Å². The first-order valence-corrected chi connectivity index (χ1v) is 9.48. The lowest BCUT2D eigenvalue weighted by atomic mass is 10.0. The van der Waals surface area contributed by atoms with Crippen molar-refractivity contribution in [1.82, 2.24) is 15.5 Å². The molecule has 1 heterocycles. The topological polar surface area (TPSA) is 48.9 Å². The van der Waals surface area contributed by atoms with Crippen molar-refractivity contribution in [3.8, 4) is 0 Å². The molecule has 1 atom stereocenters. The van der Waals surface area contributed by atoms with Gasteiger partial charge in [-0.25, -0.2) is 0 Å². The summed E-state index contributed by atoms with van der Waals surface area (Å²) in [6.45, 7) is 7.17. The number of ether oxygens (including phenoxy) is 1. The lowest BCUT2D eigenvalue weighted by Crippen LogP contribution is -2.41. The summed E-state index contributed by atoms with van der Waals surface area (Å²) in [5, 5.41) is 6.80. The summed E-state index contributed by atoms with van der Waals surface area (Å²) in [6, 6.07) is 9.22. The number of methoxy groups -OCH3 is 1. The zero-order valence-electron chi connectivity index (χ0n) is 16.1. The molecule has 0 amide bonds. The fourth-order valence-electron chi connectivity index (χ4n) is 3.31. The largest absolute Gasteiger partial charge is 0.380 e. The van der Waals surface area contributed by atoms with Crippen LogP contribution in [0.4, 0.5) is 0 Å². The highest BCUT2D eigenvalue weighted by Crippen LogP contribution is 2.16. The quantitative estimate of drug-likeness (QED) is 0.432. The minimum Gasteiger partial charge on any atom is -0.380 e. The molecule has 0 bridgehead atoms. The van der Waals surface area contributed by atoms with Crippen molar-refractivity contribution in [2.45, 2.75) is 51.8 Å². The Hall–Kier alpha value is -1.59. The first kappa shape index (κ1) is 19.7. The van der Waals surface area contributed by atoms with Gasteiger partial charge in [-0.15, -0.1) is 0 Å². The number of guanidine groups is 1. The summed E-state index contributed by atoms with van der Waals surface area (Å²) >= 11 is 0. The monoisotopic (exact) mass is 346 g/mol. The third-order valence-corrected chi connectivity index (χ3v) is 4.87. The van der Waals surface area contributed by atoms with Crippen molar-refractivity contribution in [2.24, 2.45) is 4.99 Å². The summed E-state index contributed by atoms with van der Waals surface area (Å²) in [7, 11) is 3.54. The lowest BCUT2D eigenvalue weighted by Gasteiger charge is -2.33. The Morgan fingerprint density at radius 2 is 1.96 bits per heavy atom. The highest BCUT2D eigenvalue weighted by molar-refractivity contribution is 5.79. The Balaban J connectivity index is 1.64. The van der Waals surface area contributed by atoms with Gasteiger partial charge in [-0.05, 0) is 43.9 Å². The van der Waals surface area contributed by atoms with Gasteiger partial charge in [0, 0.05) is 39.8 Å². The molecule has 0 saturated carbocycles. The number of rotatable bonds is 8. The standard InChI is InChI=1S/C20H34N4O/c1-17-7-4-5-13-24(17)14-6-12-22-20(21-2)23-15-18-8-10-19(11-9-18)16-25-3/h8-11,17H,4-7,12-16H2,1-3H3,(H2,21,22,23). The minimum atomic E-state index is 0.659. The molecule has 1 fully saturated rings. The SMILES string of the molecule is CN=C(NCCCN1CCCCC1C)NCc1ccc(COC)cc1. The van der Waals surface area contributed by atoms with Crippen LogP contribution in [-0.2, 0) is 17.9 Å². The van der Waals surface area contributed by atoms with Crippen LogP contribution in [-0.4, -0.2) is 50.7 Å². The highest BCUT2D eigenvalue weighted by Gasteiger charge is 2.17. The van der Waals surface area contributed by atoms with Gasteiger partial charge in [0.1, 0.15) is 0 Å². The maximum absolute atomic E-state index is 5.14. The molecule has 1 aliphatic rings. The molecule has 0 aromatic heterocycles. The molecule has 25 heavy (non-hydrogen) atoms. The summed E-state index contributed by atoms with van der Waals surface area (Å²) in [5.41, 5.74) is 2.44. The zero-order chi connectivity index (χ0) is 17.9. The van der Waals surface area contributed by atoms with Crippen molar-refractivity contribution in [2.75, 3.05) is 33.8 Å². The van der Waals surface area contributed by atoms with E-state index >= 15 is 0 Å². The molecule has 140 valence electrons. The van der Waals surface area contributed by atoms with Gasteiger partial charge in [-0.1, -0.05) is 30.7 Å². The number of aliphatic imine (C=N–C) groups is 1. The summed E-state index contributed by atoms with van der Waals surface area (Å²) in [4.78, 5) is 6.92. The van der Waals surface area contributed by atoms with Gasteiger partial charge in [-0.3, -0.25) is 4.99 Å². The number of hydrogen-bond donors (Lipinski definition) is 2. The molecule has 5 heteroatoms. The minimum absolute atomic E-state index is 0.659. The van der Waals surface area contributed by atoms with E-state index < -0.39 is 0 Å². The van der Waals surface area contributed by atoms with Gasteiger partial charge in [-0.2, -0.15) is 0 Å². The van der Waals surface area contributed by atoms with Crippen molar-refractivity contribution in [1.29, 1.82) is 0 Å². The first-order chi connectivity index (χ1) is 12.2. The highest BCUT2D eigenvalue weighted by atomic mass is 16.5. The Kier molecular flexibility index (Phi) is 8.77. The molecule has 1 aliphatic heterocycles. The van der Waals surface area contributed by atoms with Crippen LogP contribution in [0.2, 0.25) is 0 Å². The third kappa shape index (κ3) is 7.04. The second-order valence-corrected chi connectivity index (χ2v) is 6.84. The van der Waals surface area contributed by atoms with Crippen LogP contribution in [0.15, 0.2) is 29.3 Å². The van der Waals surface area contributed by atoms with Crippen molar-refractivity contribution < 1.29 is 4.74 Å². The first-order valence-electron chi connectivity index (χ1n) is 9.48. The van der Waals surface area contributed by atoms with Crippen LogP contribution in [0, 0.1) is 0 Å². The molecule has 2 rings (SSSR count). The van der Waals surface area contributed by atoms with E-state index in [9.17, 15) is 0 Å². The van der Waals surface area contributed by atoms with Crippen molar-refractivity contribution >= 4 is 5.96 Å². The zero-order valence-corrected chi connectivity index (χ0v) is 16.1. The molecule has 0 radical (unpaired) electrons. The second kappa shape index (κ2) is 11.1. The Bertz CT molecular complexity index is 515. The number of likely N-dealkylation sites (tertiary alicyclic amines) is 1. The number of nitrogens with zero attached hydrogens (tertiary/aromatic N) is 2. The van der Waals surface area contributed by atoms with Gasteiger partial charge < -0.3 is 20.3 Å². The van der Waals surface area contributed by atoms with Gasteiger partial charge in [0.2, 0.25) is 0 Å². The average Bonchev–Trinajstić information content (AvgIpc) is 2.64. The molecule has 1 unspecified atom stereocenters. The fraction of sp³-hybridized carbons (Fsp3) is 0.650. The number of nitrogens with one attached hydrogen (secondary N) is 2.